The first-order valence-corrected chi connectivity index (χ1v) is 36.5. The Morgan fingerprint density at radius 1 is 0.348 bits per heavy atom. The molecular formula is C78H91ClF9N21O6. The summed E-state index contributed by atoms with van der Waals surface area (Å²) < 4.78 is 121. The number of nitrogens with zero attached hydrogens (tertiary/aromatic N) is 9. The van der Waals surface area contributed by atoms with Crippen molar-refractivity contribution in [2.24, 2.45) is 0 Å². The number of hydrogen-bond donors (Lipinski definition) is 12. The van der Waals surface area contributed by atoms with Crippen LogP contribution in [0, 0.1) is 0 Å². The van der Waals surface area contributed by atoms with E-state index in [9.17, 15) is 68.3 Å². The molecule has 0 saturated carbocycles. The fourth-order valence-corrected chi connectivity index (χ4v) is 10.7. The Bertz CT molecular complexity index is 4460. The van der Waals surface area contributed by atoms with E-state index >= 15 is 0 Å². The van der Waals surface area contributed by atoms with Crippen molar-refractivity contribution in [1.82, 2.24) is 76.5 Å². The van der Waals surface area contributed by atoms with Crippen LogP contribution in [-0.4, -0.2) is 180 Å². The van der Waals surface area contributed by atoms with Crippen molar-refractivity contribution >= 4 is 110 Å². The van der Waals surface area contributed by atoms with Gasteiger partial charge in [0.15, 0.2) is 0 Å². The number of nitrogen functional groups attached to an aromatic ring is 1. The molecule has 37 heteroatoms. The highest BCUT2D eigenvalue weighted by Crippen LogP contribution is 2.41. The number of rotatable bonds is 31. The number of halogens is 10. The van der Waals surface area contributed by atoms with Crippen molar-refractivity contribution in [3.8, 4) is 0 Å². The van der Waals surface area contributed by atoms with E-state index < -0.39 is 52.9 Å². The van der Waals surface area contributed by atoms with E-state index in [-0.39, 0.29) is 97.0 Å². The average Bonchev–Trinajstić information content (AvgIpc) is 0.810. The van der Waals surface area contributed by atoms with Gasteiger partial charge in [0, 0.05) is 110 Å². The number of alkyl halides is 9. The van der Waals surface area contributed by atoms with E-state index in [0.29, 0.717) is 60.7 Å². The predicted molar refractivity (Wildman–Crippen MR) is 426 cm³/mol. The van der Waals surface area contributed by atoms with Crippen LogP contribution in [-0.2, 0) is 18.5 Å². The molecule has 0 bridgehead atoms. The van der Waals surface area contributed by atoms with Crippen LogP contribution >= 0.6 is 11.6 Å². The summed E-state index contributed by atoms with van der Waals surface area (Å²) in [6.45, 7) is 21.9. The number of nitrogens with one attached hydrogen (secondary N) is 11. The van der Waals surface area contributed by atoms with E-state index in [0.717, 1.165) is 65.0 Å². The normalized spacial score (nSPS) is 11.1. The second-order valence-corrected chi connectivity index (χ2v) is 24.8. The lowest BCUT2D eigenvalue weighted by molar-refractivity contribution is -0.138. The number of hydrogen-bond acceptors (Lipinski definition) is 21. The summed E-state index contributed by atoms with van der Waals surface area (Å²) in [4.78, 5) is 103. The number of likely N-dealkylation sites (N-methyl/N-ethyl adjacent to an activating group) is 3. The zero-order valence-electron chi connectivity index (χ0n) is 64.4. The minimum absolute atomic E-state index is 0.0850. The van der Waals surface area contributed by atoms with Gasteiger partial charge in [0.1, 0.15) is 34.2 Å². The predicted octanol–water partition coefficient (Wildman–Crippen LogP) is 13.4. The van der Waals surface area contributed by atoms with Crippen molar-refractivity contribution < 1.29 is 68.3 Å². The summed E-state index contributed by atoms with van der Waals surface area (Å²) in [5, 5.41) is 29.5. The molecule has 9 aromatic rings. The lowest BCUT2D eigenvalue weighted by Crippen LogP contribution is -2.34. The van der Waals surface area contributed by atoms with Crippen LogP contribution in [0.1, 0.15) is 120 Å². The Morgan fingerprint density at radius 3 is 0.913 bits per heavy atom. The first kappa shape index (κ1) is 91.6. The van der Waals surface area contributed by atoms with Crippen molar-refractivity contribution in [3.05, 3.63) is 220 Å². The zero-order chi connectivity index (χ0) is 84.4. The summed E-state index contributed by atoms with van der Waals surface area (Å²) >= 11 is 5.67. The first-order valence-electron chi connectivity index (χ1n) is 36.1. The van der Waals surface area contributed by atoms with Crippen LogP contribution in [0.15, 0.2) is 165 Å². The van der Waals surface area contributed by atoms with E-state index in [1.807, 2.05) is 0 Å². The van der Waals surface area contributed by atoms with Gasteiger partial charge in [0.2, 0.25) is 0 Å². The van der Waals surface area contributed by atoms with Gasteiger partial charge in [0.25, 0.3) is 35.4 Å². The second-order valence-electron chi connectivity index (χ2n) is 24.5. The molecule has 0 spiro atoms. The molecule has 0 saturated heterocycles. The van der Waals surface area contributed by atoms with Gasteiger partial charge in [-0.3, -0.25) is 28.8 Å². The molecular weight excluding hydrogens is 1530 g/mol. The molecule has 0 aliphatic rings. The molecule has 6 amide bonds. The fourth-order valence-electron chi connectivity index (χ4n) is 10.6. The highest BCUT2D eigenvalue weighted by atomic mass is 35.5. The Morgan fingerprint density at radius 2 is 0.635 bits per heavy atom. The third-order valence-electron chi connectivity index (χ3n) is 17.0. The molecule has 614 valence electrons. The molecule has 9 rings (SSSR count). The van der Waals surface area contributed by atoms with Gasteiger partial charge in [-0.2, -0.15) is 39.5 Å². The third-order valence-corrected chi connectivity index (χ3v) is 17.2. The molecule has 0 radical (unpaired) electrons. The molecule has 27 nitrogen and oxygen atoms in total. The minimum atomic E-state index is -4.69. The molecule has 0 aliphatic heterocycles. The molecule has 6 heterocycles. The van der Waals surface area contributed by atoms with Crippen LogP contribution in [0.2, 0.25) is 5.15 Å². The second kappa shape index (κ2) is 44.8. The van der Waals surface area contributed by atoms with Crippen LogP contribution in [0.25, 0.3) is 0 Å². The van der Waals surface area contributed by atoms with Crippen LogP contribution in [0.3, 0.4) is 0 Å². The highest BCUT2D eigenvalue weighted by molar-refractivity contribution is 6.29. The summed E-state index contributed by atoms with van der Waals surface area (Å²) in [6, 6.07) is 31.6. The van der Waals surface area contributed by atoms with E-state index in [1.54, 1.807) is 60.7 Å². The maximum atomic E-state index is 13.7. The van der Waals surface area contributed by atoms with Gasteiger partial charge in [0.05, 0.1) is 84.2 Å². The SMILES string of the molecule is CCN(CC)CCNC(=O)c1ccc(N)nc1.CCN(CC)CCNC(=O)c1ccc(Nc2cc(Nc3ccccc3C(=O)NC)c(C(F)(F)F)cn2)nc1.CCN(CC)CCNC(=O)c1ccc(Nc2cc(Nc3ccccc3C(=O)NC)c(C(F)(F)F)cn2)nc1.CNC(=O)c1ccccc1Nc1cc(Cl)ncc1C(F)(F)F. The number of carbonyl (C=O) groups excluding carboxylic acids is 6. The van der Waals surface area contributed by atoms with Crippen LogP contribution < -0.4 is 64.2 Å². The zero-order valence-corrected chi connectivity index (χ0v) is 65.2. The fraction of sp³-hybridized carbons (Fsp3) is 0.308. The quantitative estimate of drug-likeness (QED) is 0.0142. The number of carbonyl (C=O) groups is 6. The number of aromatic nitrogens is 6. The minimum Gasteiger partial charge on any atom is -0.384 e. The number of para-hydroxylation sites is 3. The van der Waals surface area contributed by atoms with Crippen molar-refractivity contribution in [1.29, 1.82) is 0 Å². The van der Waals surface area contributed by atoms with Crippen molar-refractivity contribution in [2.75, 3.05) is 132 Å². The Hall–Kier alpha value is -12.3. The number of anilines is 11. The maximum absolute atomic E-state index is 13.7. The standard InChI is InChI=1S/2C26H30F3N7O2.C14H11ClF3N3O.C12H20N4O/c2*1-4-36(5-2)13-12-31-24(37)17-10-11-22(32-15-17)35-23-14-21(19(16-33-23)26(27,28)29)34-20-9-7-6-8-18(20)25(38)30-3;1-19-13(22)8-4-2-3-5-10(8)21-11-6-12(15)20-7-9(11)14(16,17)18;1-3-16(4-2)8-7-14-12(17)10-5-6-11(13)15-9-10/h2*6-11,14-16H,4-5,12-13H2,1-3H3,(H,30,38)(H,31,37)(H2,32,33,34,35);2-7H,1H3,(H,19,22)(H,20,21);5-6,9H,3-4,7-8H2,1-2H3,(H2,13,15)(H,14,17). The topological polar surface area (TPSA) is 348 Å². The van der Waals surface area contributed by atoms with Crippen LogP contribution in [0.4, 0.5) is 103 Å². The van der Waals surface area contributed by atoms with E-state index in [1.165, 1.54) is 100 Å². The maximum Gasteiger partial charge on any atom is 0.419 e. The Balaban J connectivity index is 0.000000250. The molecule has 115 heavy (non-hydrogen) atoms. The first-order chi connectivity index (χ1) is 54.8. The summed E-state index contributed by atoms with van der Waals surface area (Å²) in [5.74, 6) is -0.807. The molecule has 0 fully saturated rings. The van der Waals surface area contributed by atoms with E-state index in [2.05, 4.69) is 145 Å². The highest BCUT2D eigenvalue weighted by Gasteiger charge is 2.37. The third kappa shape index (κ3) is 28.7. The number of pyridine rings is 6. The molecule has 6 aromatic heterocycles. The Kier molecular flexibility index (Phi) is 35.7. The van der Waals surface area contributed by atoms with Gasteiger partial charge in [-0.05, 0) is 118 Å². The summed E-state index contributed by atoms with van der Waals surface area (Å²) in [7, 11) is 4.30. The van der Waals surface area contributed by atoms with Crippen molar-refractivity contribution in [2.45, 2.75) is 60.1 Å². The van der Waals surface area contributed by atoms with E-state index in [4.69, 9.17) is 17.3 Å². The number of nitrogens with two attached hydrogens (primary N) is 1. The lowest BCUT2D eigenvalue weighted by atomic mass is 10.1. The van der Waals surface area contributed by atoms with Gasteiger partial charge in [-0.15, -0.1) is 0 Å². The van der Waals surface area contributed by atoms with Crippen molar-refractivity contribution in [3.63, 3.8) is 0 Å². The monoisotopic (exact) mass is 1620 g/mol. The lowest BCUT2D eigenvalue weighted by Gasteiger charge is -2.18. The summed E-state index contributed by atoms with van der Waals surface area (Å²) in [5.41, 5.74) is 4.07. The number of amides is 6. The smallest absolute Gasteiger partial charge is 0.384 e. The molecule has 13 N–H and O–H groups in total. The Labute approximate surface area is 664 Å². The van der Waals surface area contributed by atoms with Gasteiger partial charge in [-0.1, -0.05) is 89.5 Å². The molecule has 0 atom stereocenters. The molecule has 0 unspecified atom stereocenters. The molecule has 3 aromatic carbocycles. The van der Waals surface area contributed by atoms with Crippen LogP contribution in [0.5, 0.6) is 0 Å². The largest absolute Gasteiger partial charge is 0.419 e. The summed E-state index contributed by atoms with van der Waals surface area (Å²) in [6.07, 6.45) is -7.69. The average molecular weight is 1630 g/mol. The van der Waals surface area contributed by atoms with Gasteiger partial charge < -0.3 is 78.9 Å². The number of benzene rings is 3. The van der Waals surface area contributed by atoms with Gasteiger partial charge >= 0.3 is 18.5 Å². The van der Waals surface area contributed by atoms with Gasteiger partial charge in [-0.25, -0.2) is 29.9 Å². The molecule has 0 aliphatic carbocycles.